The second-order valence-corrected chi connectivity index (χ2v) is 5.33. The van der Waals surface area contributed by atoms with Gasteiger partial charge in [0.15, 0.2) is 0 Å². The first-order valence-electron chi connectivity index (χ1n) is 7.18. The summed E-state index contributed by atoms with van der Waals surface area (Å²) in [6.45, 7) is 2.12. The Hall–Kier alpha value is -2.35. The lowest BCUT2D eigenvalue weighted by molar-refractivity contribution is 0.0600. The molecular weight excluding hydrogens is 260 g/mol. The first-order chi connectivity index (χ1) is 10.2. The summed E-state index contributed by atoms with van der Waals surface area (Å²) >= 11 is 0. The molecule has 1 aliphatic rings. The fourth-order valence-corrected chi connectivity index (χ4v) is 2.90. The third kappa shape index (κ3) is 2.49. The molecule has 2 aromatic rings. The number of allylic oxidation sites excluding steroid dienone is 1. The molecule has 0 saturated heterocycles. The van der Waals surface area contributed by atoms with Gasteiger partial charge < -0.3 is 4.74 Å². The van der Waals surface area contributed by atoms with E-state index >= 15 is 0 Å². The molecule has 0 spiro atoms. The van der Waals surface area contributed by atoms with E-state index < -0.39 is 0 Å². The van der Waals surface area contributed by atoms with Crippen molar-refractivity contribution in [2.75, 3.05) is 7.11 Å². The van der Waals surface area contributed by atoms with Crippen LogP contribution in [-0.4, -0.2) is 13.1 Å². The van der Waals surface area contributed by atoms with E-state index in [4.69, 9.17) is 4.74 Å². The van der Waals surface area contributed by atoms with E-state index in [0.29, 0.717) is 5.56 Å². The number of methoxy groups -OCH3 is 1. The Morgan fingerprint density at radius 3 is 2.67 bits per heavy atom. The second-order valence-electron chi connectivity index (χ2n) is 5.33. The van der Waals surface area contributed by atoms with E-state index in [9.17, 15) is 4.79 Å². The highest BCUT2D eigenvalue weighted by molar-refractivity contribution is 5.92. The molecule has 0 bridgehead atoms. The molecule has 3 rings (SSSR count). The lowest BCUT2D eigenvalue weighted by atomic mass is 9.84. The van der Waals surface area contributed by atoms with E-state index in [2.05, 4.69) is 31.2 Å². The lowest BCUT2D eigenvalue weighted by Crippen LogP contribution is -2.07. The van der Waals surface area contributed by atoms with Crippen molar-refractivity contribution in [2.24, 2.45) is 0 Å². The van der Waals surface area contributed by atoms with Crippen LogP contribution in [0.15, 0.2) is 48.5 Å². The number of carbonyl (C=O) groups excluding carboxylic acids is 1. The van der Waals surface area contributed by atoms with Crippen molar-refractivity contribution in [2.45, 2.75) is 19.8 Å². The Labute approximate surface area is 125 Å². The summed E-state index contributed by atoms with van der Waals surface area (Å²) < 4.78 is 4.83. The zero-order chi connectivity index (χ0) is 14.8. The van der Waals surface area contributed by atoms with Gasteiger partial charge in [-0.2, -0.15) is 0 Å². The van der Waals surface area contributed by atoms with E-state index in [1.165, 1.54) is 29.4 Å². The number of rotatable bonds is 2. The Balaban J connectivity index is 2.13. The normalized spacial score (nSPS) is 13.3. The molecule has 0 unspecified atom stereocenters. The van der Waals surface area contributed by atoms with Crippen LogP contribution < -0.4 is 0 Å². The zero-order valence-corrected chi connectivity index (χ0v) is 12.3. The number of carbonyl (C=O) groups is 1. The number of esters is 1. The van der Waals surface area contributed by atoms with Crippen LogP contribution in [-0.2, 0) is 11.2 Å². The highest BCUT2D eigenvalue weighted by atomic mass is 16.5. The number of hydrogen-bond donors (Lipinski definition) is 0. The maximum Gasteiger partial charge on any atom is 0.337 e. The van der Waals surface area contributed by atoms with Crippen LogP contribution in [0.3, 0.4) is 0 Å². The highest BCUT2D eigenvalue weighted by Gasteiger charge is 2.17. The van der Waals surface area contributed by atoms with Gasteiger partial charge in [0.1, 0.15) is 0 Å². The summed E-state index contributed by atoms with van der Waals surface area (Å²) in [6.07, 6.45) is 4.33. The Bertz CT molecular complexity index is 726. The minimum Gasteiger partial charge on any atom is -0.465 e. The smallest absolute Gasteiger partial charge is 0.337 e. The molecule has 106 valence electrons. The predicted octanol–water partition coefficient (Wildman–Crippen LogP) is 4.16. The van der Waals surface area contributed by atoms with Crippen LogP contribution in [0.4, 0.5) is 0 Å². The maximum atomic E-state index is 11.8. The minimum absolute atomic E-state index is 0.285. The molecular formula is C19H18O2. The molecule has 0 N–H and O–H groups in total. The Morgan fingerprint density at radius 1 is 1.10 bits per heavy atom. The van der Waals surface area contributed by atoms with Crippen molar-refractivity contribution < 1.29 is 9.53 Å². The lowest BCUT2D eigenvalue weighted by Gasteiger charge is -2.20. The third-order valence-electron chi connectivity index (χ3n) is 4.02. The molecule has 2 heteroatoms. The summed E-state index contributed by atoms with van der Waals surface area (Å²) in [5, 5.41) is 0. The van der Waals surface area contributed by atoms with E-state index in [-0.39, 0.29) is 5.97 Å². The molecule has 1 aliphatic carbocycles. The van der Waals surface area contributed by atoms with Crippen molar-refractivity contribution >= 4 is 11.5 Å². The van der Waals surface area contributed by atoms with Gasteiger partial charge in [0.2, 0.25) is 0 Å². The van der Waals surface area contributed by atoms with Crippen molar-refractivity contribution in [1.82, 2.24) is 0 Å². The average Bonchev–Trinajstić information content (AvgIpc) is 2.53. The van der Waals surface area contributed by atoms with Gasteiger partial charge in [-0.15, -0.1) is 0 Å². The summed E-state index contributed by atoms with van der Waals surface area (Å²) in [5.41, 5.74) is 6.76. The second kappa shape index (κ2) is 5.57. The zero-order valence-electron chi connectivity index (χ0n) is 12.3. The molecule has 0 aromatic heterocycles. The number of fused-ring (bicyclic) bond motifs is 1. The van der Waals surface area contributed by atoms with Gasteiger partial charge in [0.25, 0.3) is 0 Å². The molecule has 0 radical (unpaired) electrons. The molecule has 0 atom stereocenters. The summed E-state index contributed by atoms with van der Waals surface area (Å²) in [5.74, 6) is -0.285. The highest BCUT2D eigenvalue weighted by Crippen LogP contribution is 2.33. The van der Waals surface area contributed by atoms with Gasteiger partial charge in [-0.05, 0) is 59.7 Å². The standard InChI is InChI=1S/C19H18O2/c1-13-6-3-4-8-16(13)17-9-5-7-14-10-11-15(12-18(14)17)19(20)21-2/h3-4,6,8-12H,5,7H2,1-2H3. The van der Waals surface area contributed by atoms with Crippen LogP contribution in [0.2, 0.25) is 0 Å². The number of benzene rings is 2. The minimum atomic E-state index is -0.285. The largest absolute Gasteiger partial charge is 0.465 e. The molecule has 2 nitrogen and oxygen atoms in total. The quantitative estimate of drug-likeness (QED) is 0.771. The number of hydrogen-bond acceptors (Lipinski definition) is 2. The summed E-state index contributed by atoms with van der Waals surface area (Å²) in [4.78, 5) is 11.8. The van der Waals surface area contributed by atoms with Crippen molar-refractivity contribution in [3.8, 4) is 0 Å². The van der Waals surface area contributed by atoms with E-state index in [1.807, 2.05) is 24.3 Å². The Kier molecular flexibility index (Phi) is 3.61. The monoisotopic (exact) mass is 278 g/mol. The number of ether oxygens (including phenoxy) is 1. The molecule has 0 aliphatic heterocycles. The SMILES string of the molecule is COC(=O)c1ccc2c(c1)C(c1ccccc1C)=CCC2. The molecule has 2 aromatic carbocycles. The van der Waals surface area contributed by atoms with Gasteiger partial charge in [-0.25, -0.2) is 4.79 Å². The summed E-state index contributed by atoms with van der Waals surface area (Å²) in [7, 11) is 1.42. The Morgan fingerprint density at radius 2 is 1.90 bits per heavy atom. The van der Waals surface area contributed by atoms with Crippen LogP contribution in [0, 0.1) is 6.92 Å². The van der Waals surface area contributed by atoms with Crippen molar-refractivity contribution in [3.05, 3.63) is 76.4 Å². The topological polar surface area (TPSA) is 26.3 Å². The van der Waals surface area contributed by atoms with Crippen LogP contribution in [0.25, 0.3) is 5.57 Å². The fraction of sp³-hybridized carbons (Fsp3) is 0.211. The van der Waals surface area contributed by atoms with Crippen LogP contribution >= 0.6 is 0 Å². The van der Waals surface area contributed by atoms with Gasteiger partial charge in [0, 0.05) is 0 Å². The van der Waals surface area contributed by atoms with Crippen LogP contribution in [0.1, 0.15) is 39.0 Å². The predicted molar refractivity (Wildman–Crippen MR) is 84.4 cm³/mol. The first kappa shape index (κ1) is 13.6. The van der Waals surface area contributed by atoms with Crippen molar-refractivity contribution in [1.29, 1.82) is 0 Å². The molecule has 0 fully saturated rings. The van der Waals surface area contributed by atoms with Gasteiger partial charge in [-0.1, -0.05) is 36.4 Å². The van der Waals surface area contributed by atoms with Crippen LogP contribution in [0.5, 0.6) is 0 Å². The van der Waals surface area contributed by atoms with E-state index in [1.54, 1.807) is 0 Å². The molecule has 0 heterocycles. The molecule has 21 heavy (non-hydrogen) atoms. The molecule has 0 saturated carbocycles. The number of aryl methyl sites for hydroxylation is 2. The first-order valence-corrected chi connectivity index (χ1v) is 7.18. The molecule has 0 amide bonds. The maximum absolute atomic E-state index is 11.8. The van der Waals surface area contributed by atoms with Crippen molar-refractivity contribution in [3.63, 3.8) is 0 Å². The van der Waals surface area contributed by atoms with Gasteiger partial charge >= 0.3 is 5.97 Å². The third-order valence-corrected chi connectivity index (χ3v) is 4.02. The van der Waals surface area contributed by atoms with E-state index in [0.717, 1.165) is 18.4 Å². The van der Waals surface area contributed by atoms with Gasteiger partial charge in [0.05, 0.1) is 12.7 Å². The average molecular weight is 278 g/mol. The summed E-state index contributed by atoms with van der Waals surface area (Å²) in [6, 6.07) is 14.2. The fourth-order valence-electron chi connectivity index (χ4n) is 2.90. The van der Waals surface area contributed by atoms with Gasteiger partial charge in [-0.3, -0.25) is 0 Å².